The average molecular weight is 304 g/mol. The number of aryl methyl sites for hydroxylation is 1. The van der Waals surface area contributed by atoms with E-state index in [0.717, 1.165) is 11.5 Å². The van der Waals surface area contributed by atoms with E-state index in [2.05, 4.69) is 19.7 Å². The van der Waals surface area contributed by atoms with Crippen LogP contribution in [0, 0.1) is 6.92 Å². The zero-order valence-electron chi connectivity index (χ0n) is 10.3. The van der Waals surface area contributed by atoms with Crippen LogP contribution < -0.4 is 16.0 Å². The molecule has 3 N–H and O–H groups in total. The number of hydrogen-bond donors (Lipinski definition) is 2. The molecule has 1 atom stereocenters. The summed E-state index contributed by atoms with van der Waals surface area (Å²) >= 11 is 1.06. The second kappa shape index (κ2) is 5.73. The molecule has 0 amide bonds. The third-order valence-electron chi connectivity index (χ3n) is 2.57. The Labute approximate surface area is 116 Å². The molecule has 0 aliphatic heterocycles. The van der Waals surface area contributed by atoms with Crippen molar-refractivity contribution >= 4 is 11.5 Å². The first kappa shape index (κ1) is 14.7. The first-order valence-corrected chi connectivity index (χ1v) is 6.29. The van der Waals surface area contributed by atoms with Gasteiger partial charge >= 0.3 is 6.36 Å². The number of rotatable bonds is 4. The summed E-state index contributed by atoms with van der Waals surface area (Å²) in [5, 5.41) is 3.83. The van der Waals surface area contributed by atoms with Gasteiger partial charge in [0, 0.05) is 5.56 Å². The molecule has 2 aromatic rings. The van der Waals surface area contributed by atoms with Gasteiger partial charge in [-0.1, -0.05) is 22.7 Å². The third-order valence-corrected chi connectivity index (χ3v) is 3.46. The SMILES string of the molecule is Cc1nnsc1C(NN)c1ccccc1OC(F)(F)F. The molecule has 0 radical (unpaired) electrons. The lowest BCUT2D eigenvalue weighted by atomic mass is 10.0. The Morgan fingerprint density at radius 1 is 1.35 bits per heavy atom. The van der Waals surface area contributed by atoms with Crippen LogP contribution in [0.25, 0.3) is 0 Å². The number of hydrazine groups is 1. The van der Waals surface area contributed by atoms with E-state index in [1.165, 1.54) is 18.2 Å². The molecule has 108 valence electrons. The largest absolute Gasteiger partial charge is 0.573 e. The summed E-state index contributed by atoms with van der Waals surface area (Å²) in [5.74, 6) is 5.15. The monoisotopic (exact) mass is 304 g/mol. The molecule has 0 bridgehead atoms. The van der Waals surface area contributed by atoms with Crippen LogP contribution in [0.2, 0.25) is 0 Å². The van der Waals surface area contributed by atoms with E-state index < -0.39 is 12.4 Å². The lowest BCUT2D eigenvalue weighted by molar-refractivity contribution is -0.275. The molecular weight excluding hydrogens is 293 g/mol. The predicted molar refractivity (Wildman–Crippen MR) is 66.9 cm³/mol. The number of para-hydroxylation sites is 1. The van der Waals surface area contributed by atoms with Crippen molar-refractivity contribution in [3.63, 3.8) is 0 Å². The van der Waals surface area contributed by atoms with Crippen LogP contribution >= 0.6 is 11.5 Å². The fraction of sp³-hybridized carbons (Fsp3) is 0.273. The van der Waals surface area contributed by atoms with E-state index in [1.54, 1.807) is 13.0 Å². The smallest absolute Gasteiger partial charge is 0.405 e. The maximum atomic E-state index is 12.4. The zero-order valence-corrected chi connectivity index (χ0v) is 11.1. The standard InChI is InChI=1S/C11H11F3N4OS/c1-6-10(20-18-17-6)9(16-15)7-4-2-3-5-8(7)19-11(12,13)14/h2-5,9,16H,15H2,1H3. The van der Waals surface area contributed by atoms with Gasteiger partial charge in [0.15, 0.2) is 0 Å². The number of benzene rings is 1. The highest BCUT2D eigenvalue weighted by Gasteiger charge is 2.33. The van der Waals surface area contributed by atoms with Crippen LogP contribution in [0.5, 0.6) is 5.75 Å². The van der Waals surface area contributed by atoms with Crippen molar-refractivity contribution < 1.29 is 17.9 Å². The summed E-state index contributed by atoms with van der Waals surface area (Å²) < 4.78 is 45.0. The molecule has 1 aromatic heterocycles. The van der Waals surface area contributed by atoms with Crippen molar-refractivity contribution in [2.24, 2.45) is 5.84 Å². The molecule has 2 rings (SSSR count). The molecule has 1 aromatic carbocycles. The third kappa shape index (κ3) is 3.24. The minimum Gasteiger partial charge on any atom is -0.405 e. The Kier molecular flexibility index (Phi) is 4.21. The fourth-order valence-corrected chi connectivity index (χ4v) is 2.47. The zero-order chi connectivity index (χ0) is 14.8. The second-order valence-corrected chi connectivity index (χ2v) is 4.69. The number of aromatic nitrogens is 2. The molecule has 0 saturated heterocycles. The number of halogens is 3. The van der Waals surface area contributed by atoms with Crippen LogP contribution in [-0.4, -0.2) is 15.9 Å². The molecule has 0 aliphatic rings. The summed E-state index contributed by atoms with van der Waals surface area (Å²) in [7, 11) is 0. The summed E-state index contributed by atoms with van der Waals surface area (Å²) in [5.41, 5.74) is 3.33. The Balaban J connectivity index is 2.43. The van der Waals surface area contributed by atoms with Crippen LogP contribution in [-0.2, 0) is 0 Å². The van der Waals surface area contributed by atoms with Crippen molar-refractivity contribution in [3.05, 3.63) is 40.4 Å². The van der Waals surface area contributed by atoms with Gasteiger partial charge in [-0.25, -0.2) is 5.43 Å². The molecule has 0 saturated carbocycles. The summed E-state index contributed by atoms with van der Waals surface area (Å²) in [6.07, 6.45) is -4.77. The van der Waals surface area contributed by atoms with Gasteiger partial charge in [0.05, 0.1) is 16.6 Å². The average Bonchev–Trinajstić information content (AvgIpc) is 2.77. The highest BCUT2D eigenvalue weighted by molar-refractivity contribution is 7.05. The van der Waals surface area contributed by atoms with Crippen LogP contribution in [0.4, 0.5) is 13.2 Å². The Morgan fingerprint density at radius 2 is 2.05 bits per heavy atom. The summed E-state index contributed by atoms with van der Waals surface area (Å²) in [4.78, 5) is 0.630. The highest BCUT2D eigenvalue weighted by Crippen LogP contribution is 2.34. The minimum absolute atomic E-state index is 0.265. The molecular formula is C11H11F3N4OS. The number of ether oxygens (including phenoxy) is 1. The number of nitrogens with two attached hydrogens (primary N) is 1. The van der Waals surface area contributed by atoms with Crippen LogP contribution in [0.3, 0.4) is 0 Å². The van der Waals surface area contributed by atoms with Crippen LogP contribution in [0.15, 0.2) is 24.3 Å². The van der Waals surface area contributed by atoms with E-state index in [1.807, 2.05) is 0 Å². The van der Waals surface area contributed by atoms with E-state index >= 15 is 0 Å². The molecule has 9 heteroatoms. The van der Waals surface area contributed by atoms with Crippen LogP contribution in [0.1, 0.15) is 22.2 Å². The van der Waals surface area contributed by atoms with Gasteiger partial charge in [0.2, 0.25) is 0 Å². The Morgan fingerprint density at radius 3 is 2.60 bits per heavy atom. The van der Waals surface area contributed by atoms with E-state index in [4.69, 9.17) is 5.84 Å². The maximum absolute atomic E-state index is 12.4. The Hall–Kier alpha value is -1.71. The van der Waals surface area contributed by atoms with E-state index in [9.17, 15) is 13.2 Å². The van der Waals surface area contributed by atoms with E-state index in [0.29, 0.717) is 10.6 Å². The molecule has 0 spiro atoms. The number of hydrogen-bond acceptors (Lipinski definition) is 6. The van der Waals surface area contributed by atoms with Crippen molar-refractivity contribution in [1.29, 1.82) is 0 Å². The number of alkyl halides is 3. The quantitative estimate of drug-likeness (QED) is 0.670. The highest BCUT2D eigenvalue weighted by atomic mass is 32.1. The van der Waals surface area contributed by atoms with Crippen molar-refractivity contribution in [3.8, 4) is 5.75 Å². The molecule has 1 heterocycles. The van der Waals surface area contributed by atoms with Crippen molar-refractivity contribution in [2.45, 2.75) is 19.3 Å². The van der Waals surface area contributed by atoms with Gasteiger partial charge in [-0.2, -0.15) is 0 Å². The Bertz CT molecular complexity index is 587. The molecule has 0 fully saturated rings. The lowest BCUT2D eigenvalue weighted by Crippen LogP contribution is -2.30. The van der Waals surface area contributed by atoms with Gasteiger partial charge in [0.25, 0.3) is 0 Å². The van der Waals surface area contributed by atoms with Gasteiger partial charge in [-0.15, -0.1) is 18.3 Å². The topological polar surface area (TPSA) is 73.1 Å². The van der Waals surface area contributed by atoms with Gasteiger partial charge in [-0.3, -0.25) is 5.84 Å². The molecule has 1 unspecified atom stereocenters. The van der Waals surface area contributed by atoms with Gasteiger partial charge in [0.1, 0.15) is 5.75 Å². The molecule has 5 nitrogen and oxygen atoms in total. The van der Waals surface area contributed by atoms with Gasteiger partial charge in [-0.05, 0) is 24.5 Å². The molecule has 0 aliphatic carbocycles. The first-order chi connectivity index (χ1) is 9.42. The first-order valence-electron chi connectivity index (χ1n) is 5.52. The molecule has 20 heavy (non-hydrogen) atoms. The minimum atomic E-state index is -4.77. The number of nitrogens with zero attached hydrogens (tertiary/aromatic N) is 2. The normalized spacial score (nSPS) is 13.2. The number of nitrogens with one attached hydrogen (secondary N) is 1. The maximum Gasteiger partial charge on any atom is 0.573 e. The summed E-state index contributed by atoms with van der Waals surface area (Å²) in [6.45, 7) is 1.70. The summed E-state index contributed by atoms with van der Waals surface area (Å²) in [6, 6.07) is 5.12. The lowest BCUT2D eigenvalue weighted by Gasteiger charge is -2.19. The second-order valence-electron chi connectivity index (χ2n) is 3.91. The fourth-order valence-electron chi connectivity index (χ4n) is 1.75. The predicted octanol–water partition coefficient (Wildman–Crippen LogP) is 2.30. The van der Waals surface area contributed by atoms with Crippen molar-refractivity contribution in [2.75, 3.05) is 0 Å². The van der Waals surface area contributed by atoms with Crippen molar-refractivity contribution in [1.82, 2.24) is 15.0 Å². The van der Waals surface area contributed by atoms with E-state index in [-0.39, 0.29) is 11.3 Å². The van der Waals surface area contributed by atoms with Gasteiger partial charge < -0.3 is 4.74 Å².